The molecule has 1 N–H and O–H groups in total. The van der Waals surface area contributed by atoms with Gasteiger partial charge in [-0.1, -0.05) is 29.8 Å². The summed E-state index contributed by atoms with van der Waals surface area (Å²) in [6.45, 7) is 4.13. The Labute approximate surface area is 109 Å². The highest BCUT2D eigenvalue weighted by Gasteiger charge is 2.46. The largest absolute Gasteiger partial charge is 0.508 e. The number of isocyanates is 1. The lowest BCUT2D eigenvalue weighted by Crippen LogP contribution is -2.04. The fourth-order valence-corrected chi connectivity index (χ4v) is 2.84. The second kappa shape index (κ2) is 4.28. The summed E-state index contributed by atoms with van der Waals surface area (Å²) in [6.07, 6.45) is 3.19. The Morgan fingerprint density at radius 2 is 2.12 bits per heavy atom. The maximum atomic E-state index is 10.4. The molecule has 1 aliphatic carbocycles. The lowest BCUT2D eigenvalue weighted by molar-refractivity contribution is 0.458. The molecular weight excluding hydrogens is 282 g/mol. The van der Waals surface area contributed by atoms with Crippen molar-refractivity contribution < 1.29 is 9.90 Å². The number of phenolic OH excluding ortho intramolecular Hbond substituents is 1. The van der Waals surface area contributed by atoms with E-state index < -0.39 is 5.54 Å². The second-order valence-corrected chi connectivity index (χ2v) is 5.63. The molecule has 0 bridgehead atoms. The number of benzene rings is 1. The van der Waals surface area contributed by atoms with Crippen LogP contribution in [-0.2, 0) is 10.3 Å². The Morgan fingerprint density at radius 3 is 2.59 bits per heavy atom. The average Bonchev–Trinajstić information content (AvgIpc) is 3.02. The maximum Gasteiger partial charge on any atom is 0.235 e. The van der Waals surface area contributed by atoms with Crippen molar-refractivity contribution in [1.82, 2.24) is 0 Å². The van der Waals surface area contributed by atoms with E-state index in [1.807, 2.05) is 6.07 Å². The summed E-state index contributed by atoms with van der Waals surface area (Å²) in [6, 6.07) is 3.63. The van der Waals surface area contributed by atoms with Gasteiger partial charge in [-0.25, -0.2) is 4.79 Å². The first kappa shape index (κ1) is 12.3. The van der Waals surface area contributed by atoms with E-state index in [1.54, 1.807) is 12.1 Å². The predicted octanol–water partition coefficient (Wildman–Crippen LogP) is 3.60. The summed E-state index contributed by atoms with van der Waals surface area (Å²) in [7, 11) is 0. The Bertz CT molecular complexity index is 500. The van der Waals surface area contributed by atoms with Crippen molar-refractivity contribution in [2.45, 2.75) is 38.1 Å². The van der Waals surface area contributed by atoms with Crippen molar-refractivity contribution in [2.75, 3.05) is 0 Å². The maximum absolute atomic E-state index is 10.4. The molecule has 1 saturated carbocycles. The molecule has 90 valence electrons. The van der Waals surface area contributed by atoms with E-state index in [-0.39, 0.29) is 5.75 Å². The molecule has 1 fully saturated rings. The topological polar surface area (TPSA) is 49.7 Å². The van der Waals surface area contributed by atoms with Crippen LogP contribution in [0.15, 0.2) is 21.6 Å². The molecule has 0 aromatic heterocycles. The van der Waals surface area contributed by atoms with Gasteiger partial charge in [-0.15, -0.1) is 0 Å². The number of rotatable bonds is 3. The van der Waals surface area contributed by atoms with Crippen molar-refractivity contribution in [3.63, 3.8) is 0 Å². The molecule has 0 heterocycles. The van der Waals surface area contributed by atoms with Gasteiger partial charge in [0.1, 0.15) is 11.3 Å². The Kier molecular flexibility index (Phi) is 3.11. The highest BCUT2D eigenvalue weighted by molar-refractivity contribution is 9.10. The van der Waals surface area contributed by atoms with E-state index in [0.717, 1.165) is 28.4 Å². The minimum Gasteiger partial charge on any atom is -0.508 e. The molecule has 0 aliphatic heterocycles. The Hall–Kier alpha value is -1.12. The van der Waals surface area contributed by atoms with Crippen molar-refractivity contribution in [1.29, 1.82) is 0 Å². The monoisotopic (exact) mass is 295 g/mol. The highest BCUT2D eigenvalue weighted by atomic mass is 79.9. The van der Waals surface area contributed by atoms with Crippen LogP contribution in [0.4, 0.5) is 0 Å². The fourth-order valence-electron chi connectivity index (χ4n) is 2.04. The Balaban J connectivity index is 2.51. The third-order valence-electron chi connectivity index (χ3n) is 3.22. The van der Waals surface area contributed by atoms with Gasteiger partial charge in [0.2, 0.25) is 6.08 Å². The SMILES string of the molecule is CC(C)c1cc(O)c(C2(N=C=O)CC2)cc1Br. The first-order valence-electron chi connectivity index (χ1n) is 5.62. The van der Waals surface area contributed by atoms with E-state index >= 15 is 0 Å². The summed E-state index contributed by atoms with van der Waals surface area (Å²) in [5.41, 5.74) is 1.25. The number of halogens is 1. The summed E-state index contributed by atoms with van der Waals surface area (Å²) in [4.78, 5) is 14.2. The first-order valence-corrected chi connectivity index (χ1v) is 6.41. The van der Waals surface area contributed by atoms with Gasteiger partial charge in [-0.3, -0.25) is 0 Å². The molecular formula is C13H14BrNO2. The smallest absolute Gasteiger partial charge is 0.235 e. The molecule has 1 aliphatic rings. The van der Waals surface area contributed by atoms with Crippen LogP contribution in [-0.4, -0.2) is 11.2 Å². The molecule has 0 spiro atoms. The zero-order valence-electron chi connectivity index (χ0n) is 9.83. The van der Waals surface area contributed by atoms with Crippen molar-refractivity contribution in [2.24, 2.45) is 4.99 Å². The molecule has 0 amide bonds. The van der Waals surface area contributed by atoms with E-state index in [1.165, 1.54) is 0 Å². The van der Waals surface area contributed by atoms with Gasteiger partial charge in [-0.05, 0) is 36.5 Å². The van der Waals surface area contributed by atoms with Crippen molar-refractivity contribution in [3.05, 3.63) is 27.7 Å². The third kappa shape index (κ3) is 2.15. The number of hydrogen-bond acceptors (Lipinski definition) is 3. The number of aromatic hydroxyl groups is 1. The first-order chi connectivity index (χ1) is 8.00. The van der Waals surface area contributed by atoms with Gasteiger partial charge in [0.25, 0.3) is 0 Å². The molecule has 0 radical (unpaired) electrons. The molecule has 0 unspecified atom stereocenters. The van der Waals surface area contributed by atoms with E-state index in [9.17, 15) is 9.90 Å². The number of carbonyl (C=O) groups excluding carboxylic acids is 1. The van der Waals surface area contributed by atoms with Crippen LogP contribution in [0.2, 0.25) is 0 Å². The van der Waals surface area contributed by atoms with Gasteiger partial charge in [0, 0.05) is 10.0 Å². The van der Waals surface area contributed by atoms with Crippen molar-refractivity contribution in [3.8, 4) is 5.75 Å². The zero-order chi connectivity index (χ0) is 12.6. The molecule has 0 atom stereocenters. The molecule has 1 aromatic rings. The molecule has 3 nitrogen and oxygen atoms in total. The van der Waals surface area contributed by atoms with Crippen LogP contribution >= 0.6 is 15.9 Å². The normalized spacial score (nSPS) is 16.7. The van der Waals surface area contributed by atoms with E-state index in [0.29, 0.717) is 5.92 Å². The Morgan fingerprint density at radius 1 is 1.47 bits per heavy atom. The van der Waals surface area contributed by atoms with Gasteiger partial charge in [0.05, 0.1) is 0 Å². The van der Waals surface area contributed by atoms with Crippen molar-refractivity contribution >= 4 is 22.0 Å². The predicted molar refractivity (Wildman–Crippen MR) is 68.9 cm³/mol. The van der Waals surface area contributed by atoms with Gasteiger partial charge < -0.3 is 5.11 Å². The summed E-state index contributed by atoms with van der Waals surface area (Å²) >= 11 is 3.50. The van der Waals surface area contributed by atoms with Crippen LogP contribution < -0.4 is 0 Å². The third-order valence-corrected chi connectivity index (χ3v) is 3.91. The van der Waals surface area contributed by atoms with Crippen LogP contribution in [0.3, 0.4) is 0 Å². The van der Waals surface area contributed by atoms with Gasteiger partial charge in [-0.2, -0.15) is 4.99 Å². The van der Waals surface area contributed by atoms with E-state index in [2.05, 4.69) is 34.8 Å². The van der Waals surface area contributed by atoms with Gasteiger partial charge in [0.15, 0.2) is 0 Å². The number of aliphatic imine (C=N–C) groups is 1. The van der Waals surface area contributed by atoms with Crippen LogP contribution in [0, 0.1) is 0 Å². The second-order valence-electron chi connectivity index (χ2n) is 4.78. The number of hydrogen-bond donors (Lipinski definition) is 1. The minimum absolute atomic E-state index is 0.216. The van der Waals surface area contributed by atoms with Crippen LogP contribution in [0.25, 0.3) is 0 Å². The standard InChI is InChI=1S/C13H14BrNO2/c1-8(2)9-5-12(17)10(6-11(9)14)13(3-4-13)15-7-16/h5-6,8,17H,3-4H2,1-2H3. The fraction of sp³-hybridized carbons (Fsp3) is 0.462. The lowest BCUT2D eigenvalue weighted by Gasteiger charge is -2.15. The zero-order valence-corrected chi connectivity index (χ0v) is 11.4. The average molecular weight is 296 g/mol. The molecule has 2 rings (SSSR count). The van der Waals surface area contributed by atoms with Crippen LogP contribution in [0.1, 0.15) is 43.7 Å². The highest BCUT2D eigenvalue weighted by Crippen LogP contribution is 2.53. The van der Waals surface area contributed by atoms with E-state index in [4.69, 9.17) is 0 Å². The molecule has 4 heteroatoms. The minimum atomic E-state index is -0.524. The lowest BCUT2D eigenvalue weighted by atomic mass is 9.97. The van der Waals surface area contributed by atoms with Gasteiger partial charge >= 0.3 is 0 Å². The summed E-state index contributed by atoms with van der Waals surface area (Å²) < 4.78 is 0.952. The quantitative estimate of drug-likeness (QED) is 0.684. The molecule has 17 heavy (non-hydrogen) atoms. The summed E-state index contributed by atoms with van der Waals surface area (Å²) in [5.74, 6) is 0.544. The number of phenols is 1. The summed E-state index contributed by atoms with van der Waals surface area (Å²) in [5, 5.41) is 10.1. The van der Waals surface area contributed by atoms with Crippen LogP contribution in [0.5, 0.6) is 5.75 Å². The number of nitrogens with zero attached hydrogens (tertiary/aromatic N) is 1. The molecule has 0 saturated heterocycles. The molecule has 1 aromatic carbocycles.